The Kier molecular flexibility index (Phi) is 12.4. The molecule has 0 fully saturated rings. The molecule has 0 aliphatic carbocycles. The number of carboxylic acid groups (broad SMARTS) is 1. The Hall–Kier alpha value is -2.90. The first kappa shape index (κ1) is 35.1. The van der Waals surface area contributed by atoms with E-state index >= 15 is 0 Å². The molecule has 226 valence electrons. The number of hydrogen-bond donors (Lipinski definition) is 1. The van der Waals surface area contributed by atoms with E-state index in [1.54, 1.807) is 0 Å². The van der Waals surface area contributed by atoms with Crippen molar-refractivity contribution in [2.24, 2.45) is 0 Å². The Morgan fingerprint density at radius 2 is 1.55 bits per heavy atom. The van der Waals surface area contributed by atoms with Gasteiger partial charge in [0, 0.05) is 28.6 Å². The fourth-order valence-electron chi connectivity index (χ4n) is 3.64. The lowest BCUT2D eigenvalue weighted by Crippen LogP contribution is -2.31. The van der Waals surface area contributed by atoms with Gasteiger partial charge in [0.25, 0.3) is 5.56 Å². The second-order valence-corrected chi connectivity index (χ2v) is 10.7. The second kappa shape index (κ2) is 14.1. The van der Waals surface area contributed by atoms with Crippen LogP contribution in [0.5, 0.6) is 11.5 Å². The number of nitrogens with zero attached hydrogens (tertiary/aromatic N) is 1. The summed E-state index contributed by atoms with van der Waals surface area (Å²) < 4.78 is 81.4. The number of alkyl halides is 5. The average molecular weight is 602 g/mol. The molecular formula is C26H33ClF5NO7. The van der Waals surface area contributed by atoms with E-state index in [9.17, 15) is 36.6 Å². The van der Waals surface area contributed by atoms with Crippen LogP contribution in [0.1, 0.15) is 54.0 Å². The van der Waals surface area contributed by atoms with Gasteiger partial charge in [0.05, 0.1) is 31.1 Å². The average Bonchev–Trinajstić information content (AvgIpc) is 2.75. The molecule has 0 aliphatic heterocycles. The summed E-state index contributed by atoms with van der Waals surface area (Å²) in [5, 5.41) is 9.47. The van der Waals surface area contributed by atoms with Crippen LogP contribution in [0, 0.1) is 0 Å². The predicted octanol–water partition coefficient (Wildman–Crippen LogP) is 6.93. The van der Waals surface area contributed by atoms with E-state index < -0.39 is 43.6 Å². The molecule has 0 radical (unpaired) electrons. The maximum Gasteiger partial charge on any atom is 0.522 e. The minimum Gasteiger partial charge on any atom is -0.495 e. The minimum atomic E-state index is -4.97. The molecule has 2 aromatic rings. The molecule has 2 rings (SSSR count). The van der Waals surface area contributed by atoms with Gasteiger partial charge in [0.15, 0.2) is 0 Å². The summed E-state index contributed by atoms with van der Waals surface area (Å²) >= 11 is 5.91. The van der Waals surface area contributed by atoms with Crippen molar-refractivity contribution in [3.8, 4) is 22.6 Å². The van der Waals surface area contributed by atoms with Crippen molar-refractivity contribution in [3.63, 3.8) is 0 Å². The van der Waals surface area contributed by atoms with Gasteiger partial charge >= 0.3 is 18.9 Å². The molecule has 1 atom stereocenters. The molecule has 0 bridgehead atoms. The standard InChI is InChI=1S/C18H15ClF5NO6.C8H18O/c1-29-14-8-25(12(16(27)28)4-5-30-18(22,23)24)15(26)7-11(14)10-6-9(19)2-3-13(10)31-17(20)21;1-7(2,3)9-8(4,5)6/h2-3,6-8,12,17H,4-5H2,1H3,(H,27,28);1-6H3. The molecule has 0 saturated heterocycles. The van der Waals surface area contributed by atoms with Gasteiger partial charge in [-0.25, -0.2) is 4.79 Å². The van der Waals surface area contributed by atoms with Gasteiger partial charge in [-0.3, -0.25) is 14.1 Å². The van der Waals surface area contributed by atoms with Crippen molar-refractivity contribution in [1.29, 1.82) is 0 Å². The van der Waals surface area contributed by atoms with Crippen molar-refractivity contribution in [2.45, 2.75) is 78.2 Å². The van der Waals surface area contributed by atoms with Gasteiger partial charge in [-0.1, -0.05) is 11.6 Å². The monoisotopic (exact) mass is 601 g/mol. The molecule has 1 aromatic heterocycles. The van der Waals surface area contributed by atoms with E-state index in [4.69, 9.17) is 21.1 Å². The molecule has 1 heterocycles. The number of carbonyl (C=O) groups is 1. The molecule has 0 spiro atoms. The number of hydrogen-bond acceptors (Lipinski definition) is 6. The zero-order valence-corrected chi connectivity index (χ0v) is 23.8. The van der Waals surface area contributed by atoms with Gasteiger partial charge in [0.2, 0.25) is 0 Å². The van der Waals surface area contributed by atoms with Crippen molar-refractivity contribution in [3.05, 3.63) is 45.8 Å². The highest BCUT2D eigenvalue weighted by molar-refractivity contribution is 6.31. The number of benzene rings is 1. The first-order valence-corrected chi connectivity index (χ1v) is 12.2. The number of halogens is 6. The van der Waals surface area contributed by atoms with Gasteiger partial charge < -0.3 is 19.3 Å². The van der Waals surface area contributed by atoms with Gasteiger partial charge in [-0.15, -0.1) is 13.2 Å². The lowest BCUT2D eigenvalue weighted by Gasteiger charge is -2.30. The van der Waals surface area contributed by atoms with Gasteiger partial charge in [-0.05, 0) is 59.7 Å². The molecular weight excluding hydrogens is 569 g/mol. The summed E-state index contributed by atoms with van der Waals surface area (Å²) in [5.41, 5.74) is -1.06. The van der Waals surface area contributed by atoms with Crippen molar-refractivity contribution < 1.29 is 50.8 Å². The van der Waals surface area contributed by atoms with Crippen LogP contribution in [0.4, 0.5) is 22.0 Å². The minimum absolute atomic E-state index is 0.0156. The highest BCUT2D eigenvalue weighted by atomic mass is 35.5. The van der Waals surface area contributed by atoms with Crippen LogP contribution in [-0.2, 0) is 14.3 Å². The quantitative estimate of drug-likeness (QED) is 0.311. The SMILES string of the molecule is CC(C)(C)OC(C)(C)C.COc1cn(C(CCOC(F)(F)F)C(=O)O)c(=O)cc1-c1cc(Cl)ccc1OC(F)F. The van der Waals surface area contributed by atoms with Crippen LogP contribution in [0.25, 0.3) is 11.1 Å². The fraction of sp³-hybridized carbons (Fsp3) is 0.538. The normalized spacial score (nSPS) is 12.9. The summed E-state index contributed by atoms with van der Waals surface area (Å²) in [4.78, 5) is 24.1. The largest absolute Gasteiger partial charge is 0.522 e. The number of aromatic nitrogens is 1. The summed E-state index contributed by atoms with van der Waals surface area (Å²) in [7, 11) is 1.16. The Labute approximate surface area is 233 Å². The second-order valence-electron chi connectivity index (χ2n) is 10.3. The number of ether oxygens (including phenoxy) is 4. The van der Waals surface area contributed by atoms with E-state index in [0.29, 0.717) is 4.57 Å². The van der Waals surface area contributed by atoms with E-state index in [-0.39, 0.29) is 38.9 Å². The molecule has 0 amide bonds. The highest BCUT2D eigenvalue weighted by Gasteiger charge is 2.31. The Balaban J connectivity index is 0.000000763. The van der Waals surface area contributed by atoms with E-state index in [1.807, 2.05) is 0 Å². The number of methoxy groups -OCH3 is 1. The van der Waals surface area contributed by atoms with E-state index in [0.717, 1.165) is 25.4 Å². The number of rotatable bonds is 9. The molecule has 14 heteroatoms. The summed E-state index contributed by atoms with van der Waals surface area (Å²) in [6.45, 7) is 8.21. The summed E-state index contributed by atoms with van der Waals surface area (Å²) in [6, 6.07) is 2.81. The third-order valence-electron chi connectivity index (χ3n) is 4.60. The predicted molar refractivity (Wildman–Crippen MR) is 138 cm³/mol. The van der Waals surface area contributed by atoms with Crippen LogP contribution in [0.3, 0.4) is 0 Å². The third kappa shape index (κ3) is 12.5. The van der Waals surface area contributed by atoms with E-state index in [2.05, 4.69) is 51.0 Å². The highest BCUT2D eigenvalue weighted by Crippen LogP contribution is 2.38. The van der Waals surface area contributed by atoms with Crippen molar-refractivity contribution in [1.82, 2.24) is 4.57 Å². The van der Waals surface area contributed by atoms with Crippen LogP contribution in [0.15, 0.2) is 35.3 Å². The third-order valence-corrected chi connectivity index (χ3v) is 4.84. The summed E-state index contributed by atoms with van der Waals surface area (Å²) in [5.74, 6) is -2.06. The number of aliphatic carboxylic acids is 1. The van der Waals surface area contributed by atoms with Gasteiger partial charge in [-0.2, -0.15) is 8.78 Å². The molecule has 1 unspecified atom stereocenters. The van der Waals surface area contributed by atoms with Crippen molar-refractivity contribution >= 4 is 17.6 Å². The maximum atomic E-state index is 12.7. The van der Waals surface area contributed by atoms with Crippen LogP contribution in [-0.4, -0.2) is 53.5 Å². The molecule has 1 aromatic carbocycles. The molecule has 0 saturated carbocycles. The molecule has 40 heavy (non-hydrogen) atoms. The molecule has 8 nitrogen and oxygen atoms in total. The molecule has 0 aliphatic rings. The Morgan fingerprint density at radius 1 is 1.00 bits per heavy atom. The lowest BCUT2D eigenvalue weighted by molar-refractivity contribution is -0.325. The van der Waals surface area contributed by atoms with E-state index in [1.165, 1.54) is 12.1 Å². The smallest absolute Gasteiger partial charge is 0.495 e. The zero-order chi connectivity index (χ0) is 31.1. The maximum absolute atomic E-state index is 12.7. The Bertz CT molecular complexity index is 1180. The first-order chi connectivity index (χ1) is 18.1. The molecule has 1 N–H and O–H groups in total. The lowest BCUT2D eigenvalue weighted by atomic mass is 10.0. The van der Waals surface area contributed by atoms with Crippen LogP contribution < -0.4 is 15.0 Å². The summed E-state index contributed by atoms with van der Waals surface area (Å²) in [6.07, 6.45) is -4.71. The first-order valence-electron chi connectivity index (χ1n) is 11.8. The zero-order valence-electron chi connectivity index (χ0n) is 23.1. The number of pyridine rings is 1. The fourth-order valence-corrected chi connectivity index (χ4v) is 3.82. The Morgan fingerprint density at radius 3 is 1.98 bits per heavy atom. The van der Waals surface area contributed by atoms with Crippen molar-refractivity contribution in [2.75, 3.05) is 13.7 Å². The topological polar surface area (TPSA) is 96.2 Å². The van der Waals surface area contributed by atoms with Crippen LogP contribution in [0.2, 0.25) is 5.02 Å². The number of carboxylic acids is 1. The van der Waals surface area contributed by atoms with Crippen LogP contribution >= 0.6 is 11.6 Å². The van der Waals surface area contributed by atoms with Gasteiger partial charge in [0.1, 0.15) is 17.5 Å².